The third-order valence-corrected chi connectivity index (χ3v) is 4.21. The molecule has 0 spiro atoms. The van der Waals surface area contributed by atoms with E-state index in [-0.39, 0.29) is 6.03 Å². The Kier molecular flexibility index (Phi) is 7.70. The number of likely N-dealkylation sites (N-methyl/N-ethyl adjacent to an activating group) is 2. The zero-order chi connectivity index (χ0) is 16.7. The fourth-order valence-corrected chi connectivity index (χ4v) is 2.38. The van der Waals surface area contributed by atoms with E-state index in [0.717, 1.165) is 18.1 Å². The SMILES string of the molecule is CC(C)c1nnc(NC(=O)N(CCN(C)C)CCN(C)C)s1. The molecule has 7 nitrogen and oxygen atoms in total. The molecule has 2 amide bonds. The van der Waals surface area contributed by atoms with Gasteiger partial charge in [0, 0.05) is 32.1 Å². The zero-order valence-corrected chi connectivity index (χ0v) is 15.3. The largest absolute Gasteiger partial charge is 0.323 e. The molecule has 0 aromatic carbocycles. The van der Waals surface area contributed by atoms with E-state index < -0.39 is 0 Å². The van der Waals surface area contributed by atoms with Crippen LogP contribution < -0.4 is 5.32 Å². The Balaban J connectivity index is 2.63. The minimum absolute atomic E-state index is 0.116. The van der Waals surface area contributed by atoms with E-state index in [0.29, 0.717) is 24.1 Å². The van der Waals surface area contributed by atoms with Gasteiger partial charge in [0.05, 0.1) is 0 Å². The predicted octanol–water partition coefficient (Wildman–Crippen LogP) is 1.62. The number of urea groups is 1. The number of nitrogens with one attached hydrogen (secondary N) is 1. The summed E-state index contributed by atoms with van der Waals surface area (Å²) < 4.78 is 0. The highest BCUT2D eigenvalue weighted by Crippen LogP contribution is 2.22. The standard InChI is InChI=1S/C14H28N6OS/c1-11(2)12-16-17-13(22-12)15-14(21)20(9-7-18(3)4)10-8-19(5)6/h11H,7-10H2,1-6H3,(H,15,17,21). The Bertz CT molecular complexity index is 448. The van der Waals surface area contributed by atoms with Gasteiger partial charge in [0.25, 0.3) is 0 Å². The number of hydrogen-bond acceptors (Lipinski definition) is 6. The molecular weight excluding hydrogens is 300 g/mol. The maximum atomic E-state index is 12.4. The fraction of sp³-hybridized carbons (Fsp3) is 0.786. The molecule has 0 aliphatic rings. The van der Waals surface area contributed by atoms with Crippen LogP contribution in [-0.4, -0.2) is 85.3 Å². The van der Waals surface area contributed by atoms with Crippen LogP contribution in [0.15, 0.2) is 0 Å². The molecule has 0 unspecified atom stereocenters. The van der Waals surface area contributed by atoms with Crippen LogP contribution in [0.2, 0.25) is 0 Å². The summed E-state index contributed by atoms with van der Waals surface area (Å²) >= 11 is 1.43. The third-order valence-electron chi connectivity index (χ3n) is 3.07. The van der Waals surface area contributed by atoms with Crippen LogP contribution in [0.25, 0.3) is 0 Å². The molecule has 0 atom stereocenters. The van der Waals surface area contributed by atoms with Gasteiger partial charge in [-0.25, -0.2) is 4.79 Å². The second-order valence-corrected chi connectivity index (χ2v) is 7.13. The van der Waals surface area contributed by atoms with E-state index in [9.17, 15) is 4.79 Å². The van der Waals surface area contributed by atoms with Crippen LogP contribution in [0.4, 0.5) is 9.93 Å². The van der Waals surface area contributed by atoms with Crippen molar-refractivity contribution in [3.8, 4) is 0 Å². The van der Waals surface area contributed by atoms with Crippen molar-refractivity contribution in [1.82, 2.24) is 24.9 Å². The van der Waals surface area contributed by atoms with Gasteiger partial charge in [-0.2, -0.15) is 0 Å². The van der Waals surface area contributed by atoms with Crippen molar-refractivity contribution in [2.45, 2.75) is 19.8 Å². The lowest BCUT2D eigenvalue weighted by atomic mass is 10.2. The minimum Gasteiger partial charge on any atom is -0.322 e. The molecule has 0 aliphatic heterocycles. The lowest BCUT2D eigenvalue weighted by Crippen LogP contribution is -2.42. The molecule has 8 heteroatoms. The summed E-state index contributed by atoms with van der Waals surface area (Å²) in [6.45, 7) is 7.15. The van der Waals surface area contributed by atoms with Gasteiger partial charge in [-0.15, -0.1) is 10.2 Å². The number of amides is 2. The van der Waals surface area contributed by atoms with Gasteiger partial charge >= 0.3 is 6.03 Å². The predicted molar refractivity (Wildman–Crippen MR) is 91.7 cm³/mol. The maximum Gasteiger partial charge on any atom is 0.323 e. The Hall–Kier alpha value is -1.25. The number of carbonyl (C=O) groups is 1. The highest BCUT2D eigenvalue weighted by atomic mass is 32.1. The van der Waals surface area contributed by atoms with Gasteiger partial charge < -0.3 is 14.7 Å². The average Bonchev–Trinajstić information content (AvgIpc) is 2.86. The van der Waals surface area contributed by atoms with Gasteiger partial charge in [-0.1, -0.05) is 25.2 Å². The van der Waals surface area contributed by atoms with Crippen LogP contribution in [0.5, 0.6) is 0 Å². The summed E-state index contributed by atoms with van der Waals surface area (Å²) in [5.41, 5.74) is 0. The highest BCUT2D eigenvalue weighted by Gasteiger charge is 2.16. The lowest BCUT2D eigenvalue weighted by Gasteiger charge is -2.25. The number of rotatable bonds is 8. The average molecular weight is 328 g/mol. The molecule has 0 bridgehead atoms. The van der Waals surface area contributed by atoms with Gasteiger partial charge in [0.1, 0.15) is 5.01 Å². The van der Waals surface area contributed by atoms with Crippen LogP contribution in [-0.2, 0) is 0 Å². The molecule has 1 heterocycles. The van der Waals surface area contributed by atoms with E-state index in [1.807, 2.05) is 33.1 Å². The topological polar surface area (TPSA) is 64.6 Å². The number of carbonyl (C=O) groups excluding carboxylic acids is 1. The van der Waals surface area contributed by atoms with Gasteiger partial charge in [-0.3, -0.25) is 5.32 Å². The first-order valence-corrected chi connectivity index (χ1v) is 8.30. The first-order chi connectivity index (χ1) is 10.3. The van der Waals surface area contributed by atoms with E-state index in [1.165, 1.54) is 11.3 Å². The molecule has 1 N–H and O–H groups in total. The molecule has 0 saturated carbocycles. The molecule has 1 aromatic rings. The Morgan fingerprint density at radius 2 is 1.59 bits per heavy atom. The summed E-state index contributed by atoms with van der Waals surface area (Å²) in [6, 6.07) is -0.116. The lowest BCUT2D eigenvalue weighted by molar-refractivity contribution is 0.198. The van der Waals surface area contributed by atoms with Crippen molar-refractivity contribution in [2.75, 3.05) is 59.7 Å². The van der Waals surface area contributed by atoms with Crippen molar-refractivity contribution in [2.24, 2.45) is 0 Å². The normalized spacial score (nSPS) is 11.5. The quantitative estimate of drug-likeness (QED) is 0.785. The summed E-state index contributed by atoms with van der Waals surface area (Å²) in [4.78, 5) is 18.4. The summed E-state index contributed by atoms with van der Waals surface area (Å²) in [7, 11) is 8.01. The number of hydrogen-bond donors (Lipinski definition) is 1. The minimum atomic E-state index is -0.116. The summed E-state index contributed by atoms with van der Waals surface area (Å²) in [5.74, 6) is 0.321. The smallest absolute Gasteiger partial charge is 0.322 e. The van der Waals surface area contributed by atoms with Crippen LogP contribution in [0, 0.1) is 0 Å². The van der Waals surface area contributed by atoms with E-state index in [2.05, 4.69) is 39.2 Å². The zero-order valence-electron chi connectivity index (χ0n) is 14.5. The second kappa shape index (κ2) is 9.02. The highest BCUT2D eigenvalue weighted by molar-refractivity contribution is 7.15. The molecular formula is C14H28N6OS. The van der Waals surface area contributed by atoms with Gasteiger partial charge in [0.15, 0.2) is 0 Å². The van der Waals surface area contributed by atoms with Crippen molar-refractivity contribution in [3.05, 3.63) is 5.01 Å². The van der Waals surface area contributed by atoms with E-state index in [4.69, 9.17) is 0 Å². The maximum absolute atomic E-state index is 12.4. The summed E-state index contributed by atoms with van der Waals surface area (Å²) in [6.07, 6.45) is 0. The second-order valence-electron chi connectivity index (χ2n) is 6.12. The van der Waals surface area contributed by atoms with Gasteiger partial charge in [-0.05, 0) is 28.2 Å². The Morgan fingerprint density at radius 1 is 1.05 bits per heavy atom. The van der Waals surface area contributed by atoms with Crippen molar-refractivity contribution in [3.63, 3.8) is 0 Å². The molecule has 1 rings (SSSR count). The van der Waals surface area contributed by atoms with Crippen LogP contribution in [0.3, 0.4) is 0 Å². The first-order valence-electron chi connectivity index (χ1n) is 7.48. The number of aromatic nitrogens is 2. The third kappa shape index (κ3) is 6.67. The van der Waals surface area contributed by atoms with Crippen molar-refractivity contribution in [1.29, 1.82) is 0 Å². The number of anilines is 1. The molecule has 22 heavy (non-hydrogen) atoms. The first kappa shape index (κ1) is 18.8. The molecule has 0 radical (unpaired) electrons. The molecule has 0 fully saturated rings. The molecule has 0 aliphatic carbocycles. The van der Waals surface area contributed by atoms with Gasteiger partial charge in [0.2, 0.25) is 5.13 Å². The monoisotopic (exact) mass is 328 g/mol. The molecule has 126 valence electrons. The Morgan fingerprint density at radius 3 is 2.00 bits per heavy atom. The van der Waals surface area contributed by atoms with Crippen LogP contribution >= 0.6 is 11.3 Å². The van der Waals surface area contributed by atoms with Crippen LogP contribution in [0.1, 0.15) is 24.8 Å². The molecule has 0 saturated heterocycles. The number of nitrogens with zero attached hydrogens (tertiary/aromatic N) is 5. The van der Waals surface area contributed by atoms with Crippen molar-refractivity contribution >= 4 is 22.5 Å². The summed E-state index contributed by atoms with van der Waals surface area (Å²) in [5, 5.41) is 12.5. The van der Waals surface area contributed by atoms with E-state index in [1.54, 1.807) is 0 Å². The van der Waals surface area contributed by atoms with Crippen molar-refractivity contribution < 1.29 is 4.79 Å². The Labute approximate surface area is 137 Å². The fourth-order valence-electron chi connectivity index (χ4n) is 1.65. The van der Waals surface area contributed by atoms with E-state index >= 15 is 0 Å². The molecule has 1 aromatic heterocycles.